The number of hydrogen-bond donors (Lipinski definition) is 0. The molecule has 14 heavy (non-hydrogen) atoms. The van der Waals surface area contributed by atoms with E-state index in [0.717, 1.165) is 0 Å². The number of carbonyl (C=O) groups excluding carboxylic acids is 1. The smallest absolute Gasteiger partial charge is 0.333 e. The molecule has 1 aliphatic heterocycles. The van der Waals surface area contributed by atoms with Crippen molar-refractivity contribution in [2.24, 2.45) is 0 Å². The molecule has 1 rings (SSSR count). The summed E-state index contributed by atoms with van der Waals surface area (Å²) in [5, 5.41) is 0. The van der Waals surface area contributed by atoms with Crippen LogP contribution >= 0.6 is 0 Å². The van der Waals surface area contributed by atoms with Gasteiger partial charge in [-0.2, -0.15) is 0 Å². The number of rotatable bonds is 3. The quantitative estimate of drug-likeness (QED) is 0.508. The lowest BCUT2D eigenvalue weighted by atomic mass is 10.0. The van der Waals surface area contributed by atoms with E-state index < -0.39 is 11.6 Å². The molecule has 0 amide bonds. The van der Waals surface area contributed by atoms with E-state index >= 15 is 0 Å². The maximum absolute atomic E-state index is 11.3. The van der Waals surface area contributed by atoms with Gasteiger partial charge in [-0.1, -0.05) is 6.58 Å². The van der Waals surface area contributed by atoms with E-state index in [1.165, 1.54) is 0 Å². The Morgan fingerprint density at radius 3 is 2.64 bits per heavy atom. The Morgan fingerprint density at radius 1 is 1.57 bits per heavy atom. The lowest BCUT2D eigenvalue weighted by Gasteiger charge is -2.29. The summed E-state index contributed by atoms with van der Waals surface area (Å²) in [5.41, 5.74) is -0.288. The highest BCUT2D eigenvalue weighted by Gasteiger charge is 2.37. The predicted molar refractivity (Wildman–Crippen MR) is 50.7 cm³/mol. The van der Waals surface area contributed by atoms with Crippen LogP contribution in [0.15, 0.2) is 12.2 Å². The predicted octanol–water partition coefficient (Wildman–Crippen LogP) is 1.26. The van der Waals surface area contributed by atoms with Crippen LogP contribution in [0, 0.1) is 0 Å². The minimum atomic E-state index is -0.674. The maximum atomic E-state index is 11.3. The highest BCUT2D eigenvalue weighted by Crippen LogP contribution is 2.22. The van der Waals surface area contributed by atoms with Crippen molar-refractivity contribution in [1.29, 1.82) is 0 Å². The third kappa shape index (κ3) is 2.56. The summed E-state index contributed by atoms with van der Waals surface area (Å²) in [5.74, 6) is -0.398. The minimum absolute atomic E-state index is 0.203. The Bertz CT molecular complexity index is 239. The molecule has 1 fully saturated rings. The van der Waals surface area contributed by atoms with E-state index in [1.54, 1.807) is 20.8 Å². The number of ether oxygens (including phenoxy) is 3. The van der Waals surface area contributed by atoms with Crippen LogP contribution in [-0.4, -0.2) is 31.1 Å². The van der Waals surface area contributed by atoms with E-state index in [0.29, 0.717) is 12.2 Å². The zero-order valence-corrected chi connectivity index (χ0v) is 8.83. The SMILES string of the molecule is C=C(C)C(=O)OC(C)(C)C1COCO1. The second-order valence-corrected chi connectivity index (χ2v) is 3.92. The summed E-state index contributed by atoms with van der Waals surface area (Å²) in [4.78, 5) is 11.3. The van der Waals surface area contributed by atoms with Crippen molar-refractivity contribution in [3.63, 3.8) is 0 Å². The molecule has 0 aromatic rings. The van der Waals surface area contributed by atoms with Crippen LogP contribution in [0.4, 0.5) is 0 Å². The summed E-state index contributed by atoms with van der Waals surface area (Å²) in [6.07, 6.45) is -0.203. The largest absolute Gasteiger partial charge is 0.453 e. The van der Waals surface area contributed by atoms with E-state index in [2.05, 4.69) is 6.58 Å². The zero-order valence-electron chi connectivity index (χ0n) is 8.83. The van der Waals surface area contributed by atoms with Gasteiger partial charge in [-0.3, -0.25) is 0 Å². The minimum Gasteiger partial charge on any atom is -0.453 e. The maximum Gasteiger partial charge on any atom is 0.333 e. The molecule has 0 aliphatic carbocycles. The highest BCUT2D eigenvalue weighted by atomic mass is 16.7. The van der Waals surface area contributed by atoms with Gasteiger partial charge in [0.15, 0.2) is 0 Å². The summed E-state index contributed by atoms with van der Waals surface area (Å²) in [6.45, 7) is 9.45. The average molecular weight is 200 g/mol. The molecule has 1 atom stereocenters. The van der Waals surface area contributed by atoms with Crippen molar-refractivity contribution in [1.82, 2.24) is 0 Å². The van der Waals surface area contributed by atoms with Crippen LogP contribution in [0.3, 0.4) is 0 Å². The van der Waals surface area contributed by atoms with Crippen molar-refractivity contribution >= 4 is 5.97 Å². The molecule has 1 aliphatic rings. The zero-order chi connectivity index (χ0) is 10.8. The van der Waals surface area contributed by atoms with Crippen molar-refractivity contribution in [2.45, 2.75) is 32.5 Å². The van der Waals surface area contributed by atoms with E-state index in [9.17, 15) is 4.79 Å². The summed E-state index contributed by atoms with van der Waals surface area (Å²) in [7, 11) is 0. The molecule has 1 saturated heterocycles. The fourth-order valence-electron chi connectivity index (χ4n) is 1.13. The molecular weight excluding hydrogens is 184 g/mol. The van der Waals surface area contributed by atoms with Gasteiger partial charge < -0.3 is 14.2 Å². The standard InChI is InChI=1S/C10H16O4/c1-7(2)9(11)14-10(3,4)8-5-12-6-13-8/h8H,1,5-6H2,2-4H3. The van der Waals surface area contributed by atoms with Crippen LogP contribution in [0.2, 0.25) is 0 Å². The van der Waals surface area contributed by atoms with Gasteiger partial charge in [0.2, 0.25) is 0 Å². The van der Waals surface area contributed by atoms with Gasteiger partial charge in [0.25, 0.3) is 0 Å². The molecule has 4 nitrogen and oxygen atoms in total. The third-order valence-electron chi connectivity index (χ3n) is 2.10. The molecule has 1 unspecified atom stereocenters. The van der Waals surface area contributed by atoms with Crippen molar-refractivity contribution < 1.29 is 19.0 Å². The normalized spacial score (nSPS) is 22.1. The van der Waals surface area contributed by atoms with Gasteiger partial charge >= 0.3 is 5.97 Å². The summed E-state index contributed by atoms with van der Waals surface area (Å²) in [6, 6.07) is 0. The molecular formula is C10H16O4. The molecule has 0 saturated carbocycles. The van der Waals surface area contributed by atoms with Crippen LogP contribution < -0.4 is 0 Å². The average Bonchev–Trinajstić information content (AvgIpc) is 2.54. The van der Waals surface area contributed by atoms with E-state index in [1.807, 2.05) is 0 Å². The summed E-state index contributed by atoms with van der Waals surface area (Å²) < 4.78 is 15.6. The molecule has 0 aromatic heterocycles. The summed E-state index contributed by atoms with van der Waals surface area (Å²) >= 11 is 0. The molecule has 0 bridgehead atoms. The van der Waals surface area contributed by atoms with Crippen molar-refractivity contribution in [3.05, 3.63) is 12.2 Å². The van der Waals surface area contributed by atoms with Crippen molar-refractivity contribution in [2.75, 3.05) is 13.4 Å². The first-order chi connectivity index (χ1) is 6.43. The van der Waals surface area contributed by atoms with Gasteiger partial charge in [-0.25, -0.2) is 4.79 Å². The molecule has 0 N–H and O–H groups in total. The molecule has 4 heteroatoms. The first kappa shape index (κ1) is 11.2. The first-order valence-corrected chi connectivity index (χ1v) is 4.51. The Balaban J connectivity index is 2.56. The molecule has 0 radical (unpaired) electrons. The second-order valence-electron chi connectivity index (χ2n) is 3.92. The topological polar surface area (TPSA) is 44.8 Å². The van der Waals surface area contributed by atoms with Crippen molar-refractivity contribution in [3.8, 4) is 0 Å². The Morgan fingerprint density at radius 2 is 2.21 bits per heavy atom. The third-order valence-corrected chi connectivity index (χ3v) is 2.10. The molecule has 0 aromatic carbocycles. The van der Waals surface area contributed by atoms with E-state index in [4.69, 9.17) is 14.2 Å². The monoisotopic (exact) mass is 200 g/mol. The first-order valence-electron chi connectivity index (χ1n) is 4.51. The fourth-order valence-corrected chi connectivity index (χ4v) is 1.13. The Kier molecular flexibility index (Phi) is 3.29. The van der Waals surface area contributed by atoms with Gasteiger partial charge in [-0.15, -0.1) is 0 Å². The molecule has 1 heterocycles. The van der Waals surface area contributed by atoms with Crippen LogP contribution in [0.1, 0.15) is 20.8 Å². The van der Waals surface area contributed by atoms with Gasteiger partial charge in [0.05, 0.1) is 6.61 Å². The van der Waals surface area contributed by atoms with Crippen LogP contribution in [-0.2, 0) is 19.0 Å². The van der Waals surface area contributed by atoms with Crippen LogP contribution in [0.5, 0.6) is 0 Å². The van der Waals surface area contributed by atoms with Gasteiger partial charge in [0.1, 0.15) is 18.5 Å². The fraction of sp³-hybridized carbons (Fsp3) is 0.700. The Labute approximate surface area is 83.8 Å². The molecule has 0 spiro atoms. The Hall–Kier alpha value is -0.870. The van der Waals surface area contributed by atoms with Gasteiger partial charge in [0, 0.05) is 5.57 Å². The van der Waals surface area contributed by atoms with Crippen LogP contribution in [0.25, 0.3) is 0 Å². The number of hydrogen-bond acceptors (Lipinski definition) is 4. The second kappa shape index (κ2) is 4.11. The number of esters is 1. The van der Waals surface area contributed by atoms with Gasteiger partial charge in [-0.05, 0) is 20.8 Å². The molecule has 80 valence electrons. The lowest BCUT2D eigenvalue weighted by molar-refractivity contribution is -0.162. The number of carbonyl (C=O) groups is 1. The highest BCUT2D eigenvalue weighted by molar-refractivity contribution is 5.87. The van der Waals surface area contributed by atoms with E-state index in [-0.39, 0.29) is 12.9 Å². The lowest BCUT2D eigenvalue weighted by Crippen LogP contribution is -2.42.